The van der Waals surface area contributed by atoms with E-state index in [1.54, 1.807) is 6.33 Å². The van der Waals surface area contributed by atoms with Crippen LogP contribution in [0.25, 0.3) is 11.3 Å². The molecule has 4 heteroatoms. The second-order valence-electron chi connectivity index (χ2n) is 4.95. The zero-order valence-corrected chi connectivity index (χ0v) is 10.9. The fraction of sp³-hybridized carbons (Fsp3) is 0.400. The minimum Gasteiger partial charge on any atom is -0.493 e. The lowest BCUT2D eigenvalue weighted by atomic mass is 9.99. The summed E-state index contributed by atoms with van der Waals surface area (Å²) >= 11 is 0. The second kappa shape index (κ2) is 5.89. The Morgan fingerprint density at radius 3 is 2.84 bits per heavy atom. The summed E-state index contributed by atoms with van der Waals surface area (Å²) in [6.45, 7) is 3.01. The van der Waals surface area contributed by atoms with E-state index in [2.05, 4.69) is 15.3 Å². The molecule has 4 nitrogen and oxygen atoms in total. The number of nitrogens with one attached hydrogen (secondary N) is 2. The molecule has 0 atom stereocenters. The van der Waals surface area contributed by atoms with E-state index in [9.17, 15) is 0 Å². The van der Waals surface area contributed by atoms with Crippen LogP contribution in [0.3, 0.4) is 0 Å². The highest BCUT2D eigenvalue weighted by molar-refractivity contribution is 5.66. The summed E-state index contributed by atoms with van der Waals surface area (Å²) in [5.41, 5.74) is 1.98. The quantitative estimate of drug-likeness (QED) is 0.884. The highest BCUT2D eigenvalue weighted by Crippen LogP contribution is 2.28. The molecule has 1 aliphatic rings. The number of imidazole rings is 1. The Kier molecular flexibility index (Phi) is 3.79. The predicted molar refractivity (Wildman–Crippen MR) is 75.1 cm³/mol. The fourth-order valence-electron chi connectivity index (χ4n) is 2.47. The largest absolute Gasteiger partial charge is 0.493 e. The van der Waals surface area contributed by atoms with Crippen LogP contribution in [0.1, 0.15) is 12.8 Å². The summed E-state index contributed by atoms with van der Waals surface area (Å²) in [6.07, 6.45) is 5.99. The van der Waals surface area contributed by atoms with Gasteiger partial charge in [0.1, 0.15) is 5.75 Å². The first-order valence-electron chi connectivity index (χ1n) is 6.85. The summed E-state index contributed by atoms with van der Waals surface area (Å²) in [5, 5.41) is 3.38. The number of piperidine rings is 1. The number of aromatic nitrogens is 2. The van der Waals surface area contributed by atoms with Crippen molar-refractivity contribution in [3.63, 3.8) is 0 Å². The first-order chi connectivity index (χ1) is 9.43. The first kappa shape index (κ1) is 12.2. The van der Waals surface area contributed by atoms with Gasteiger partial charge >= 0.3 is 0 Å². The highest BCUT2D eigenvalue weighted by Gasteiger charge is 2.15. The molecule has 0 radical (unpaired) electrons. The van der Waals surface area contributed by atoms with E-state index in [0.29, 0.717) is 5.92 Å². The maximum Gasteiger partial charge on any atom is 0.128 e. The number of nitrogens with zero attached hydrogens (tertiary/aromatic N) is 1. The van der Waals surface area contributed by atoms with Crippen LogP contribution < -0.4 is 10.1 Å². The lowest BCUT2D eigenvalue weighted by molar-refractivity contribution is 0.216. The Morgan fingerprint density at radius 2 is 2.05 bits per heavy atom. The molecule has 100 valence electrons. The van der Waals surface area contributed by atoms with Crippen molar-refractivity contribution < 1.29 is 4.74 Å². The molecule has 1 aromatic carbocycles. The summed E-state index contributed by atoms with van der Waals surface area (Å²) in [4.78, 5) is 7.28. The number of H-pyrrole nitrogens is 1. The molecular weight excluding hydrogens is 238 g/mol. The van der Waals surface area contributed by atoms with E-state index < -0.39 is 0 Å². The molecule has 0 spiro atoms. The Morgan fingerprint density at radius 1 is 1.21 bits per heavy atom. The van der Waals surface area contributed by atoms with Gasteiger partial charge in [-0.25, -0.2) is 4.98 Å². The number of aromatic amines is 1. The molecule has 1 fully saturated rings. The van der Waals surface area contributed by atoms with Crippen molar-refractivity contribution in [1.29, 1.82) is 0 Å². The molecule has 0 saturated carbocycles. The lowest BCUT2D eigenvalue weighted by Gasteiger charge is -2.23. The number of ether oxygens (including phenoxy) is 1. The zero-order valence-electron chi connectivity index (χ0n) is 10.9. The molecule has 19 heavy (non-hydrogen) atoms. The number of benzene rings is 1. The Labute approximate surface area is 113 Å². The molecule has 1 aliphatic heterocycles. The Hall–Kier alpha value is -1.81. The van der Waals surface area contributed by atoms with Crippen molar-refractivity contribution in [1.82, 2.24) is 15.3 Å². The third kappa shape index (κ3) is 2.96. The molecule has 1 aromatic heterocycles. The minimum absolute atomic E-state index is 0.661. The van der Waals surface area contributed by atoms with Crippen LogP contribution >= 0.6 is 0 Å². The molecule has 2 heterocycles. The van der Waals surface area contributed by atoms with Gasteiger partial charge in [0, 0.05) is 11.8 Å². The number of para-hydroxylation sites is 1. The fourth-order valence-corrected chi connectivity index (χ4v) is 2.47. The average molecular weight is 257 g/mol. The maximum absolute atomic E-state index is 6.02. The van der Waals surface area contributed by atoms with E-state index in [0.717, 1.165) is 36.7 Å². The van der Waals surface area contributed by atoms with Gasteiger partial charge in [-0.2, -0.15) is 0 Å². The van der Waals surface area contributed by atoms with Crippen LogP contribution in [0, 0.1) is 5.92 Å². The monoisotopic (exact) mass is 257 g/mol. The van der Waals surface area contributed by atoms with Gasteiger partial charge < -0.3 is 15.0 Å². The molecule has 2 aromatic rings. The highest BCUT2D eigenvalue weighted by atomic mass is 16.5. The summed E-state index contributed by atoms with van der Waals surface area (Å²) in [5.74, 6) is 1.58. The third-order valence-electron chi connectivity index (χ3n) is 3.59. The normalized spacial score (nSPS) is 16.4. The number of hydrogen-bond donors (Lipinski definition) is 2. The van der Waals surface area contributed by atoms with Crippen molar-refractivity contribution in [3.05, 3.63) is 36.8 Å². The third-order valence-corrected chi connectivity index (χ3v) is 3.59. The van der Waals surface area contributed by atoms with Gasteiger partial charge in [-0.1, -0.05) is 12.1 Å². The molecular formula is C15H19N3O. The molecule has 0 amide bonds. The van der Waals surface area contributed by atoms with E-state index in [-0.39, 0.29) is 0 Å². The summed E-state index contributed by atoms with van der Waals surface area (Å²) in [7, 11) is 0. The van der Waals surface area contributed by atoms with Crippen LogP contribution in [0.4, 0.5) is 0 Å². The van der Waals surface area contributed by atoms with Gasteiger partial charge in [-0.05, 0) is 44.0 Å². The Balaban J connectivity index is 1.70. The standard InChI is InChI=1S/C15H19N3O/c1-2-4-15(13(3-1)14-9-17-11-18-14)19-10-12-5-7-16-8-6-12/h1-4,9,11-12,16H,5-8,10H2,(H,17,18). The van der Waals surface area contributed by atoms with E-state index in [4.69, 9.17) is 4.74 Å². The van der Waals surface area contributed by atoms with Crippen molar-refractivity contribution >= 4 is 0 Å². The SMILES string of the molecule is c1ccc(-c2c[nH]cn2)c(OCC2CCNCC2)c1. The minimum atomic E-state index is 0.661. The second-order valence-corrected chi connectivity index (χ2v) is 4.95. The number of rotatable bonds is 4. The van der Waals surface area contributed by atoms with Gasteiger partial charge in [-0.15, -0.1) is 0 Å². The van der Waals surface area contributed by atoms with E-state index >= 15 is 0 Å². The van der Waals surface area contributed by atoms with E-state index in [1.807, 2.05) is 30.5 Å². The number of hydrogen-bond acceptors (Lipinski definition) is 3. The van der Waals surface area contributed by atoms with Crippen LogP contribution in [-0.4, -0.2) is 29.7 Å². The molecule has 0 unspecified atom stereocenters. The Bertz CT molecular complexity index is 504. The topological polar surface area (TPSA) is 49.9 Å². The first-order valence-corrected chi connectivity index (χ1v) is 6.85. The van der Waals surface area contributed by atoms with Crippen molar-refractivity contribution in [2.24, 2.45) is 5.92 Å². The van der Waals surface area contributed by atoms with Crippen molar-refractivity contribution in [3.8, 4) is 17.0 Å². The van der Waals surface area contributed by atoms with Gasteiger partial charge in [0.05, 0.1) is 18.6 Å². The smallest absolute Gasteiger partial charge is 0.128 e. The van der Waals surface area contributed by atoms with Gasteiger partial charge in [-0.3, -0.25) is 0 Å². The molecule has 3 rings (SSSR count). The average Bonchev–Trinajstić information content (AvgIpc) is 3.01. The predicted octanol–water partition coefficient (Wildman–Crippen LogP) is 2.46. The summed E-state index contributed by atoms with van der Waals surface area (Å²) < 4.78 is 6.02. The van der Waals surface area contributed by atoms with Crippen LogP contribution in [0.15, 0.2) is 36.8 Å². The maximum atomic E-state index is 6.02. The van der Waals surface area contributed by atoms with Crippen LogP contribution in [0.2, 0.25) is 0 Å². The molecule has 0 bridgehead atoms. The van der Waals surface area contributed by atoms with Crippen molar-refractivity contribution in [2.45, 2.75) is 12.8 Å². The molecule has 0 aliphatic carbocycles. The van der Waals surface area contributed by atoms with Gasteiger partial charge in [0.25, 0.3) is 0 Å². The van der Waals surface area contributed by atoms with Gasteiger partial charge in [0.2, 0.25) is 0 Å². The van der Waals surface area contributed by atoms with E-state index in [1.165, 1.54) is 12.8 Å². The lowest BCUT2D eigenvalue weighted by Crippen LogP contribution is -2.30. The zero-order chi connectivity index (χ0) is 12.9. The van der Waals surface area contributed by atoms with Gasteiger partial charge in [0.15, 0.2) is 0 Å². The molecule has 1 saturated heterocycles. The van der Waals surface area contributed by atoms with Crippen molar-refractivity contribution in [2.75, 3.05) is 19.7 Å². The molecule has 2 N–H and O–H groups in total. The summed E-state index contributed by atoms with van der Waals surface area (Å²) in [6, 6.07) is 8.09. The van der Waals surface area contributed by atoms with Crippen LogP contribution in [-0.2, 0) is 0 Å². The van der Waals surface area contributed by atoms with Crippen LogP contribution in [0.5, 0.6) is 5.75 Å².